The predicted molar refractivity (Wildman–Crippen MR) is 74.5 cm³/mol. The molecule has 0 saturated heterocycles. The molecule has 0 fully saturated rings. The maximum atomic E-state index is 12.3. The number of aromatic nitrogens is 2. The Morgan fingerprint density at radius 2 is 2.25 bits per heavy atom. The molecule has 0 aliphatic rings. The zero-order chi connectivity index (χ0) is 14.6. The van der Waals surface area contributed by atoms with Gasteiger partial charge in [-0.25, -0.2) is 8.42 Å². The Morgan fingerprint density at radius 1 is 1.45 bits per heavy atom. The number of aliphatic hydroxyl groups is 1. The molecule has 0 radical (unpaired) electrons. The minimum absolute atomic E-state index is 0.0604. The summed E-state index contributed by atoms with van der Waals surface area (Å²) in [5.74, 6) is 5.10. The molecule has 1 heterocycles. The second-order valence-corrected chi connectivity index (χ2v) is 5.70. The SMILES string of the molecule is Cc1ccc(S(=O)(=O)Nc2cn[nH]c2)c(C#CCO)c1. The van der Waals surface area contributed by atoms with Crippen LogP contribution in [0.1, 0.15) is 11.1 Å². The van der Waals surface area contributed by atoms with Gasteiger partial charge in [0.1, 0.15) is 11.5 Å². The molecule has 6 nitrogen and oxygen atoms in total. The quantitative estimate of drug-likeness (QED) is 0.731. The van der Waals surface area contributed by atoms with Crippen LogP contribution in [0.25, 0.3) is 0 Å². The Hall–Kier alpha value is -2.30. The van der Waals surface area contributed by atoms with Crippen molar-refractivity contribution < 1.29 is 13.5 Å². The molecule has 3 N–H and O–H groups in total. The van der Waals surface area contributed by atoms with E-state index >= 15 is 0 Å². The van der Waals surface area contributed by atoms with Gasteiger partial charge >= 0.3 is 0 Å². The minimum Gasteiger partial charge on any atom is -0.384 e. The van der Waals surface area contributed by atoms with E-state index < -0.39 is 10.0 Å². The monoisotopic (exact) mass is 291 g/mol. The van der Waals surface area contributed by atoms with Crippen molar-refractivity contribution in [1.82, 2.24) is 10.2 Å². The lowest BCUT2D eigenvalue weighted by atomic mass is 10.1. The summed E-state index contributed by atoms with van der Waals surface area (Å²) < 4.78 is 27.0. The van der Waals surface area contributed by atoms with E-state index in [0.717, 1.165) is 5.56 Å². The average Bonchev–Trinajstić information content (AvgIpc) is 2.88. The number of hydrogen-bond donors (Lipinski definition) is 3. The molecule has 104 valence electrons. The van der Waals surface area contributed by atoms with Crippen LogP contribution in [0.3, 0.4) is 0 Å². The first-order chi connectivity index (χ1) is 9.53. The zero-order valence-electron chi connectivity index (χ0n) is 10.7. The Balaban J connectivity index is 2.45. The smallest absolute Gasteiger partial charge is 0.263 e. The lowest BCUT2D eigenvalue weighted by Crippen LogP contribution is -2.14. The van der Waals surface area contributed by atoms with Crippen LogP contribution < -0.4 is 4.72 Å². The van der Waals surface area contributed by atoms with Crippen molar-refractivity contribution in [3.63, 3.8) is 0 Å². The van der Waals surface area contributed by atoms with Gasteiger partial charge in [-0.1, -0.05) is 17.9 Å². The summed E-state index contributed by atoms with van der Waals surface area (Å²) in [6.45, 7) is 1.51. The van der Waals surface area contributed by atoms with Crippen LogP contribution in [-0.2, 0) is 10.0 Å². The van der Waals surface area contributed by atoms with Crippen molar-refractivity contribution in [2.45, 2.75) is 11.8 Å². The molecule has 0 spiro atoms. The van der Waals surface area contributed by atoms with Crippen LogP contribution in [0.2, 0.25) is 0 Å². The van der Waals surface area contributed by atoms with E-state index in [0.29, 0.717) is 11.3 Å². The van der Waals surface area contributed by atoms with Crippen LogP contribution in [0.4, 0.5) is 5.69 Å². The highest BCUT2D eigenvalue weighted by Crippen LogP contribution is 2.19. The third kappa shape index (κ3) is 3.17. The first-order valence-corrected chi connectivity index (χ1v) is 7.23. The van der Waals surface area contributed by atoms with E-state index in [2.05, 4.69) is 26.8 Å². The minimum atomic E-state index is -3.76. The summed E-state index contributed by atoms with van der Waals surface area (Å²) in [5, 5.41) is 14.9. The van der Waals surface area contributed by atoms with E-state index in [4.69, 9.17) is 5.11 Å². The van der Waals surface area contributed by atoms with Crippen molar-refractivity contribution in [2.24, 2.45) is 0 Å². The van der Waals surface area contributed by atoms with Gasteiger partial charge in [-0.2, -0.15) is 5.10 Å². The fraction of sp³-hybridized carbons (Fsp3) is 0.154. The first-order valence-electron chi connectivity index (χ1n) is 5.75. The molecule has 1 aromatic carbocycles. The highest BCUT2D eigenvalue weighted by Gasteiger charge is 2.18. The lowest BCUT2D eigenvalue weighted by Gasteiger charge is -2.08. The topological polar surface area (TPSA) is 95.1 Å². The largest absolute Gasteiger partial charge is 0.384 e. The van der Waals surface area contributed by atoms with Crippen LogP contribution in [0.5, 0.6) is 0 Å². The zero-order valence-corrected chi connectivity index (χ0v) is 11.5. The number of aliphatic hydroxyl groups excluding tert-OH is 1. The Kier molecular flexibility index (Phi) is 4.08. The summed E-state index contributed by atoms with van der Waals surface area (Å²) >= 11 is 0. The summed E-state index contributed by atoms with van der Waals surface area (Å²) in [5.41, 5.74) is 1.57. The molecular formula is C13H13N3O3S. The molecule has 0 aliphatic carbocycles. The van der Waals surface area contributed by atoms with E-state index in [-0.39, 0.29) is 11.5 Å². The van der Waals surface area contributed by atoms with E-state index in [1.807, 2.05) is 6.92 Å². The van der Waals surface area contributed by atoms with Crippen molar-refractivity contribution >= 4 is 15.7 Å². The number of H-pyrrole nitrogens is 1. The summed E-state index contributed by atoms with van der Waals surface area (Å²) in [7, 11) is -3.76. The molecule has 0 saturated carbocycles. The maximum Gasteiger partial charge on any atom is 0.263 e. The molecule has 0 atom stereocenters. The molecule has 7 heteroatoms. The second kappa shape index (κ2) is 5.77. The third-order valence-electron chi connectivity index (χ3n) is 2.48. The van der Waals surface area contributed by atoms with Gasteiger partial charge in [-0.15, -0.1) is 0 Å². The van der Waals surface area contributed by atoms with Gasteiger partial charge in [0.05, 0.1) is 11.9 Å². The standard InChI is InChI=1S/C13H13N3O3S/c1-10-4-5-13(11(7-10)3-2-6-17)20(18,19)16-12-8-14-15-9-12/h4-5,7-9,16-17H,6H2,1H3,(H,14,15). The van der Waals surface area contributed by atoms with Gasteiger partial charge < -0.3 is 5.11 Å². The van der Waals surface area contributed by atoms with E-state index in [1.165, 1.54) is 18.5 Å². The number of nitrogens with one attached hydrogen (secondary N) is 2. The van der Waals surface area contributed by atoms with Crippen molar-refractivity contribution in [1.29, 1.82) is 0 Å². The molecule has 0 bridgehead atoms. The fourth-order valence-corrected chi connectivity index (χ4v) is 2.81. The second-order valence-electron chi connectivity index (χ2n) is 4.05. The molecule has 1 aromatic heterocycles. The van der Waals surface area contributed by atoms with Gasteiger partial charge in [0.25, 0.3) is 10.0 Å². The molecule has 0 aliphatic heterocycles. The fourth-order valence-electron chi connectivity index (χ4n) is 1.63. The first kappa shape index (κ1) is 14.1. The highest BCUT2D eigenvalue weighted by molar-refractivity contribution is 7.92. The summed E-state index contributed by atoms with van der Waals surface area (Å²) in [6, 6.07) is 4.83. The Bertz CT molecular complexity index is 756. The summed E-state index contributed by atoms with van der Waals surface area (Å²) in [6.07, 6.45) is 2.80. The molecule has 20 heavy (non-hydrogen) atoms. The van der Waals surface area contributed by atoms with Gasteiger partial charge in [0, 0.05) is 11.8 Å². The number of rotatable bonds is 3. The molecule has 2 rings (SSSR count). The Morgan fingerprint density at radius 3 is 2.90 bits per heavy atom. The van der Waals surface area contributed by atoms with Crippen molar-refractivity contribution in [2.75, 3.05) is 11.3 Å². The molecular weight excluding hydrogens is 278 g/mol. The average molecular weight is 291 g/mol. The third-order valence-corrected chi connectivity index (χ3v) is 3.92. The summed E-state index contributed by atoms with van der Waals surface area (Å²) in [4.78, 5) is 0.0604. The highest BCUT2D eigenvalue weighted by atomic mass is 32.2. The Labute approximate surface area is 116 Å². The van der Waals surface area contributed by atoms with Gasteiger partial charge in [-0.05, 0) is 24.6 Å². The number of aromatic amines is 1. The normalized spacial score (nSPS) is 10.7. The van der Waals surface area contributed by atoms with Gasteiger partial charge in [0.2, 0.25) is 0 Å². The van der Waals surface area contributed by atoms with Crippen LogP contribution in [-0.4, -0.2) is 30.3 Å². The molecule has 2 aromatic rings. The van der Waals surface area contributed by atoms with Crippen LogP contribution >= 0.6 is 0 Å². The van der Waals surface area contributed by atoms with Gasteiger partial charge in [0.15, 0.2) is 0 Å². The lowest BCUT2D eigenvalue weighted by molar-refractivity contribution is 0.350. The molecule has 0 amide bonds. The van der Waals surface area contributed by atoms with Crippen LogP contribution in [0, 0.1) is 18.8 Å². The number of sulfonamides is 1. The van der Waals surface area contributed by atoms with Gasteiger partial charge in [-0.3, -0.25) is 9.82 Å². The van der Waals surface area contributed by atoms with Crippen molar-refractivity contribution in [3.8, 4) is 11.8 Å². The van der Waals surface area contributed by atoms with E-state index in [9.17, 15) is 8.42 Å². The predicted octanol–water partition coefficient (Wildman–Crippen LogP) is 0.863. The number of nitrogens with zero attached hydrogens (tertiary/aromatic N) is 1. The number of anilines is 1. The maximum absolute atomic E-state index is 12.3. The number of aryl methyl sites for hydroxylation is 1. The van der Waals surface area contributed by atoms with Crippen LogP contribution in [0.15, 0.2) is 35.5 Å². The van der Waals surface area contributed by atoms with E-state index in [1.54, 1.807) is 12.1 Å². The van der Waals surface area contributed by atoms with Crippen molar-refractivity contribution in [3.05, 3.63) is 41.7 Å². The molecule has 0 unspecified atom stereocenters. The number of hydrogen-bond acceptors (Lipinski definition) is 4. The number of benzene rings is 1.